The average Bonchev–Trinajstić information content (AvgIpc) is 3.10. The van der Waals surface area contributed by atoms with Crippen molar-refractivity contribution in [3.8, 4) is 11.4 Å². The molecule has 2 heterocycles. The van der Waals surface area contributed by atoms with Crippen LogP contribution < -0.4 is 9.64 Å². The number of esters is 1. The number of methoxy groups -OCH3 is 1. The number of ether oxygens (including phenoxy) is 2. The molecule has 1 saturated heterocycles. The van der Waals surface area contributed by atoms with E-state index in [1.54, 1.807) is 7.11 Å². The van der Waals surface area contributed by atoms with Gasteiger partial charge in [0.2, 0.25) is 5.95 Å². The molecule has 0 saturated carbocycles. The van der Waals surface area contributed by atoms with Gasteiger partial charge in [-0.2, -0.15) is 0 Å². The maximum absolute atomic E-state index is 12.0. The maximum atomic E-state index is 12.0. The summed E-state index contributed by atoms with van der Waals surface area (Å²) in [5, 5.41) is 9.46. The van der Waals surface area contributed by atoms with Crippen molar-refractivity contribution in [1.82, 2.24) is 14.8 Å². The molecule has 0 unspecified atom stereocenters. The number of rotatable bonds is 7. The van der Waals surface area contributed by atoms with Gasteiger partial charge < -0.3 is 14.4 Å². The van der Waals surface area contributed by atoms with Crippen molar-refractivity contribution in [2.75, 3.05) is 30.9 Å². The van der Waals surface area contributed by atoms with Gasteiger partial charge in [0.1, 0.15) is 5.75 Å². The largest absolute Gasteiger partial charge is 0.495 e. The molecule has 1 fully saturated rings. The Hall–Kier alpha value is -2.22. The van der Waals surface area contributed by atoms with E-state index in [9.17, 15) is 4.79 Å². The highest BCUT2D eigenvalue weighted by Gasteiger charge is 2.24. The lowest BCUT2D eigenvalue weighted by atomic mass is 10.1. The molecule has 0 N–H and O–H groups in total. The van der Waals surface area contributed by atoms with Crippen LogP contribution in [-0.2, 0) is 9.53 Å². The van der Waals surface area contributed by atoms with E-state index in [2.05, 4.69) is 15.1 Å². The molecule has 1 aromatic carbocycles. The summed E-state index contributed by atoms with van der Waals surface area (Å²) in [6, 6.07) is 7.78. The minimum absolute atomic E-state index is 0.130. The SMILES string of the molecule is COc1ccccc1-n1c(SCC(=O)OC(C)C)nnc1N1CCCCC1. The van der Waals surface area contributed by atoms with Crippen LogP contribution in [0.1, 0.15) is 33.1 Å². The molecule has 1 aliphatic rings. The fraction of sp³-hybridized carbons (Fsp3) is 0.526. The monoisotopic (exact) mass is 390 g/mol. The number of aromatic nitrogens is 3. The molecule has 1 aliphatic heterocycles. The third-order valence-corrected chi connectivity index (χ3v) is 5.17. The first-order valence-corrected chi connectivity index (χ1v) is 10.2. The van der Waals surface area contributed by atoms with Crippen molar-refractivity contribution in [3.63, 3.8) is 0 Å². The van der Waals surface area contributed by atoms with Crippen molar-refractivity contribution in [2.24, 2.45) is 0 Å². The van der Waals surface area contributed by atoms with Crippen molar-refractivity contribution in [3.05, 3.63) is 24.3 Å². The standard InChI is InChI=1S/C19H26N4O3S/c1-14(2)26-17(24)13-27-19-21-20-18(22-11-7-4-8-12-22)23(19)15-9-5-6-10-16(15)25-3/h5-6,9-10,14H,4,7-8,11-13H2,1-3H3. The molecule has 27 heavy (non-hydrogen) atoms. The quantitative estimate of drug-likeness (QED) is 0.531. The Morgan fingerprint density at radius 2 is 1.93 bits per heavy atom. The van der Waals surface area contributed by atoms with Crippen molar-refractivity contribution in [2.45, 2.75) is 44.4 Å². The van der Waals surface area contributed by atoms with Crippen molar-refractivity contribution < 1.29 is 14.3 Å². The van der Waals surface area contributed by atoms with Gasteiger partial charge in [-0.15, -0.1) is 10.2 Å². The summed E-state index contributed by atoms with van der Waals surface area (Å²) < 4.78 is 12.8. The van der Waals surface area contributed by atoms with E-state index in [1.807, 2.05) is 42.7 Å². The number of hydrogen-bond donors (Lipinski definition) is 0. The Balaban J connectivity index is 1.93. The zero-order valence-corrected chi connectivity index (χ0v) is 16.9. The van der Waals surface area contributed by atoms with Crippen LogP contribution in [0.3, 0.4) is 0 Å². The number of para-hydroxylation sites is 2. The summed E-state index contributed by atoms with van der Waals surface area (Å²) >= 11 is 1.33. The molecular weight excluding hydrogens is 364 g/mol. The van der Waals surface area contributed by atoms with E-state index in [0.29, 0.717) is 5.16 Å². The molecule has 1 aromatic heterocycles. The minimum Gasteiger partial charge on any atom is -0.495 e. The van der Waals surface area contributed by atoms with E-state index in [4.69, 9.17) is 9.47 Å². The maximum Gasteiger partial charge on any atom is 0.316 e. The molecule has 7 nitrogen and oxygen atoms in total. The van der Waals surface area contributed by atoms with E-state index < -0.39 is 0 Å². The Labute approximate surface area is 164 Å². The van der Waals surface area contributed by atoms with Gasteiger partial charge >= 0.3 is 5.97 Å². The molecule has 146 valence electrons. The summed E-state index contributed by atoms with van der Waals surface area (Å²) in [6.07, 6.45) is 3.39. The third kappa shape index (κ3) is 4.74. The Morgan fingerprint density at radius 1 is 1.19 bits per heavy atom. The van der Waals surface area contributed by atoms with Crippen LogP contribution in [0.15, 0.2) is 29.4 Å². The van der Waals surface area contributed by atoms with Crippen LogP contribution in [0.5, 0.6) is 5.75 Å². The van der Waals surface area contributed by atoms with Crippen LogP contribution in [-0.4, -0.2) is 52.8 Å². The fourth-order valence-electron chi connectivity index (χ4n) is 3.10. The first-order valence-electron chi connectivity index (χ1n) is 9.26. The summed E-state index contributed by atoms with van der Waals surface area (Å²) in [6.45, 7) is 5.59. The van der Waals surface area contributed by atoms with E-state index in [0.717, 1.165) is 43.3 Å². The molecule has 0 aliphatic carbocycles. The first-order chi connectivity index (χ1) is 13.1. The molecule has 0 radical (unpaired) electrons. The molecule has 0 amide bonds. The van der Waals surface area contributed by atoms with E-state index in [1.165, 1.54) is 18.2 Å². The summed E-state index contributed by atoms with van der Waals surface area (Å²) in [5.74, 6) is 1.45. The van der Waals surface area contributed by atoms with Crippen molar-refractivity contribution in [1.29, 1.82) is 0 Å². The highest BCUT2D eigenvalue weighted by Crippen LogP contribution is 2.32. The van der Waals surface area contributed by atoms with Crippen LogP contribution in [0, 0.1) is 0 Å². The van der Waals surface area contributed by atoms with Gasteiger partial charge in [-0.3, -0.25) is 9.36 Å². The van der Waals surface area contributed by atoms with Gasteiger partial charge in [-0.25, -0.2) is 0 Å². The molecule has 0 bridgehead atoms. The summed E-state index contributed by atoms with van der Waals surface area (Å²) in [7, 11) is 1.65. The first kappa shape index (κ1) is 19.5. The zero-order chi connectivity index (χ0) is 19.2. The van der Waals surface area contributed by atoms with Gasteiger partial charge in [0.05, 0.1) is 24.7 Å². The average molecular weight is 391 g/mol. The second kappa shape index (κ2) is 9.12. The number of hydrogen-bond acceptors (Lipinski definition) is 7. The Kier molecular flexibility index (Phi) is 6.60. The lowest BCUT2D eigenvalue weighted by Gasteiger charge is -2.28. The van der Waals surface area contributed by atoms with Gasteiger partial charge in [0.25, 0.3) is 0 Å². The second-order valence-corrected chi connectivity index (χ2v) is 7.61. The molecule has 2 aromatic rings. The molecular formula is C19H26N4O3S. The number of nitrogens with zero attached hydrogens (tertiary/aromatic N) is 4. The fourth-order valence-corrected chi connectivity index (χ4v) is 3.82. The van der Waals surface area contributed by atoms with Crippen LogP contribution in [0.4, 0.5) is 5.95 Å². The third-order valence-electron chi connectivity index (χ3n) is 4.27. The van der Waals surface area contributed by atoms with Gasteiger partial charge in [0.15, 0.2) is 5.16 Å². The lowest BCUT2D eigenvalue weighted by molar-refractivity contribution is -0.144. The summed E-state index contributed by atoms with van der Waals surface area (Å²) in [5.41, 5.74) is 0.866. The number of carbonyl (C=O) groups is 1. The van der Waals surface area contributed by atoms with Gasteiger partial charge in [0, 0.05) is 13.1 Å². The smallest absolute Gasteiger partial charge is 0.316 e. The number of thioether (sulfide) groups is 1. The van der Waals surface area contributed by atoms with Gasteiger partial charge in [-0.05, 0) is 45.2 Å². The Bertz CT molecular complexity index is 772. The van der Waals surface area contributed by atoms with Crippen molar-refractivity contribution >= 4 is 23.7 Å². The number of carbonyl (C=O) groups excluding carboxylic acids is 1. The van der Waals surface area contributed by atoms with Gasteiger partial charge in [-0.1, -0.05) is 23.9 Å². The highest BCUT2D eigenvalue weighted by atomic mass is 32.2. The number of piperidine rings is 1. The number of anilines is 1. The van der Waals surface area contributed by atoms with E-state index in [-0.39, 0.29) is 17.8 Å². The van der Waals surface area contributed by atoms with Crippen LogP contribution in [0.2, 0.25) is 0 Å². The predicted octanol–water partition coefficient (Wildman–Crippen LogP) is 3.31. The molecule has 0 atom stereocenters. The molecule has 3 rings (SSSR count). The molecule has 8 heteroatoms. The topological polar surface area (TPSA) is 69.5 Å². The van der Waals surface area contributed by atoms with Crippen LogP contribution in [0.25, 0.3) is 5.69 Å². The van der Waals surface area contributed by atoms with E-state index >= 15 is 0 Å². The second-order valence-electron chi connectivity index (χ2n) is 6.66. The lowest BCUT2D eigenvalue weighted by Crippen LogP contribution is -2.31. The number of benzene rings is 1. The predicted molar refractivity (Wildman–Crippen MR) is 106 cm³/mol. The summed E-state index contributed by atoms with van der Waals surface area (Å²) in [4.78, 5) is 14.2. The zero-order valence-electron chi connectivity index (χ0n) is 16.1. The Morgan fingerprint density at radius 3 is 2.63 bits per heavy atom. The normalized spacial score (nSPS) is 14.4. The highest BCUT2D eigenvalue weighted by molar-refractivity contribution is 7.99. The molecule has 0 spiro atoms. The van der Waals surface area contributed by atoms with Crippen LogP contribution >= 0.6 is 11.8 Å². The minimum atomic E-state index is -0.260.